The summed E-state index contributed by atoms with van der Waals surface area (Å²) in [5, 5.41) is 23.2. The average Bonchev–Trinajstić information content (AvgIpc) is 3.10. The Balaban J connectivity index is 1.58. The lowest BCUT2D eigenvalue weighted by Crippen LogP contribution is -2.36. The van der Waals surface area contributed by atoms with E-state index in [1.165, 1.54) is 12.8 Å². The minimum absolute atomic E-state index is 0.503. The van der Waals surface area contributed by atoms with Gasteiger partial charge in [0.15, 0.2) is 0 Å². The van der Waals surface area contributed by atoms with Crippen LogP contribution in [0, 0.1) is 5.92 Å². The molecule has 2 aliphatic rings. The SMILES string of the molecule is CC1CCC(O)(CSc2nnnn2C2CC2)CC1. The lowest BCUT2D eigenvalue weighted by Gasteiger charge is -2.34. The van der Waals surface area contributed by atoms with E-state index in [9.17, 15) is 5.11 Å². The van der Waals surface area contributed by atoms with E-state index in [0.29, 0.717) is 11.8 Å². The zero-order valence-corrected chi connectivity index (χ0v) is 11.6. The largest absolute Gasteiger partial charge is 0.389 e. The molecule has 2 saturated carbocycles. The Labute approximate surface area is 111 Å². The molecule has 0 unspecified atom stereocenters. The van der Waals surface area contributed by atoms with Crippen molar-refractivity contribution >= 4 is 11.8 Å². The van der Waals surface area contributed by atoms with Crippen LogP contribution in [0.2, 0.25) is 0 Å². The van der Waals surface area contributed by atoms with Crippen LogP contribution in [-0.4, -0.2) is 36.7 Å². The molecule has 0 radical (unpaired) electrons. The van der Waals surface area contributed by atoms with Crippen molar-refractivity contribution in [1.29, 1.82) is 0 Å². The molecule has 6 heteroatoms. The first-order valence-electron chi connectivity index (χ1n) is 6.79. The van der Waals surface area contributed by atoms with Crippen LogP contribution < -0.4 is 0 Å². The monoisotopic (exact) mass is 268 g/mol. The first-order valence-corrected chi connectivity index (χ1v) is 7.78. The number of aliphatic hydroxyl groups is 1. The predicted octanol–water partition coefficient (Wildman–Crippen LogP) is 2.04. The molecule has 0 saturated heterocycles. The van der Waals surface area contributed by atoms with Crippen molar-refractivity contribution in [3.63, 3.8) is 0 Å². The summed E-state index contributed by atoms with van der Waals surface area (Å²) in [5.74, 6) is 1.47. The third kappa shape index (κ3) is 2.69. The Kier molecular flexibility index (Phi) is 3.32. The molecule has 2 fully saturated rings. The molecule has 100 valence electrons. The van der Waals surface area contributed by atoms with Gasteiger partial charge in [-0.15, -0.1) is 5.10 Å². The minimum Gasteiger partial charge on any atom is -0.389 e. The summed E-state index contributed by atoms with van der Waals surface area (Å²) in [6, 6.07) is 0.503. The second-order valence-corrected chi connectivity index (χ2v) is 6.78. The van der Waals surface area contributed by atoms with Crippen molar-refractivity contribution < 1.29 is 5.11 Å². The van der Waals surface area contributed by atoms with Gasteiger partial charge in [0.1, 0.15) is 0 Å². The summed E-state index contributed by atoms with van der Waals surface area (Å²) in [7, 11) is 0. The van der Waals surface area contributed by atoms with Crippen molar-refractivity contribution in [2.75, 3.05) is 5.75 Å². The molecule has 18 heavy (non-hydrogen) atoms. The zero-order chi connectivity index (χ0) is 12.6. The quantitative estimate of drug-likeness (QED) is 0.847. The van der Waals surface area contributed by atoms with E-state index in [4.69, 9.17) is 0 Å². The molecule has 0 aromatic carbocycles. The van der Waals surface area contributed by atoms with Gasteiger partial charge in [-0.05, 0) is 54.9 Å². The third-order valence-electron chi connectivity index (χ3n) is 4.03. The van der Waals surface area contributed by atoms with Gasteiger partial charge in [-0.25, -0.2) is 4.68 Å². The van der Waals surface area contributed by atoms with Gasteiger partial charge in [-0.1, -0.05) is 18.7 Å². The Morgan fingerprint density at radius 2 is 2.06 bits per heavy atom. The Morgan fingerprint density at radius 1 is 1.33 bits per heavy atom. The molecule has 1 heterocycles. The van der Waals surface area contributed by atoms with Gasteiger partial charge in [-0.2, -0.15) is 0 Å². The molecule has 3 rings (SSSR count). The molecule has 1 aromatic heterocycles. The summed E-state index contributed by atoms with van der Waals surface area (Å²) in [5.41, 5.74) is -0.516. The van der Waals surface area contributed by atoms with Gasteiger partial charge in [0, 0.05) is 5.75 Å². The van der Waals surface area contributed by atoms with Gasteiger partial charge >= 0.3 is 0 Å². The lowest BCUT2D eigenvalue weighted by molar-refractivity contribution is 0.0149. The molecule has 0 atom stereocenters. The highest BCUT2D eigenvalue weighted by Gasteiger charge is 2.33. The van der Waals surface area contributed by atoms with Crippen LogP contribution in [0.1, 0.15) is 51.5 Å². The highest BCUT2D eigenvalue weighted by Crippen LogP contribution is 2.39. The molecule has 1 N–H and O–H groups in total. The number of hydrogen-bond acceptors (Lipinski definition) is 5. The number of hydrogen-bond donors (Lipinski definition) is 1. The topological polar surface area (TPSA) is 63.8 Å². The zero-order valence-electron chi connectivity index (χ0n) is 10.7. The smallest absolute Gasteiger partial charge is 0.209 e. The molecule has 5 nitrogen and oxygen atoms in total. The number of rotatable bonds is 4. The summed E-state index contributed by atoms with van der Waals surface area (Å²) >= 11 is 1.61. The Bertz CT molecular complexity index is 410. The van der Waals surface area contributed by atoms with E-state index in [1.54, 1.807) is 11.8 Å². The Hall–Kier alpha value is -0.620. The molecule has 1 aromatic rings. The molecule has 0 bridgehead atoms. The summed E-state index contributed by atoms with van der Waals surface area (Å²) in [6.07, 6.45) is 6.44. The standard InChI is InChI=1S/C12H20N4OS/c1-9-4-6-12(17,7-5-9)8-18-11-13-14-15-16(11)10-2-3-10/h9-10,17H,2-8H2,1H3. The van der Waals surface area contributed by atoms with E-state index in [-0.39, 0.29) is 0 Å². The second kappa shape index (κ2) is 4.81. The van der Waals surface area contributed by atoms with E-state index in [1.807, 2.05) is 4.68 Å². The van der Waals surface area contributed by atoms with Gasteiger partial charge in [0.05, 0.1) is 11.6 Å². The van der Waals surface area contributed by atoms with E-state index >= 15 is 0 Å². The number of nitrogens with zero attached hydrogens (tertiary/aromatic N) is 4. The van der Waals surface area contributed by atoms with Crippen LogP contribution in [0.15, 0.2) is 5.16 Å². The van der Waals surface area contributed by atoms with Crippen molar-refractivity contribution in [3.8, 4) is 0 Å². The summed E-state index contributed by atoms with van der Waals surface area (Å²) in [4.78, 5) is 0. The van der Waals surface area contributed by atoms with Gasteiger partial charge in [0.25, 0.3) is 0 Å². The van der Waals surface area contributed by atoms with Gasteiger partial charge < -0.3 is 5.11 Å². The highest BCUT2D eigenvalue weighted by molar-refractivity contribution is 7.99. The maximum Gasteiger partial charge on any atom is 0.209 e. The maximum atomic E-state index is 10.5. The van der Waals surface area contributed by atoms with Crippen LogP contribution >= 0.6 is 11.8 Å². The Morgan fingerprint density at radius 3 is 2.72 bits per heavy atom. The van der Waals surface area contributed by atoms with Crippen LogP contribution in [0.25, 0.3) is 0 Å². The van der Waals surface area contributed by atoms with Gasteiger partial charge in [0.2, 0.25) is 5.16 Å². The van der Waals surface area contributed by atoms with Crippen LogP contribution in [-0.2, 0) is 0 Å². The van der Waals surface area contributed by atoms with Crippen LogP contribution in [0.3, 0.4) is 0 Å². The number of aromatic nitrogens is 4. The second-order valence-electron chi connectivity index (χ2n) is 5.83. The first-order chi connectivity index (χ1) is 8.66. The third-order valence-corrected chi connectivity index (χ3v) is 5.24. The van der Waals surface area contributed by atoms with Crippen molar-refractivity contribution in [1.82, 2.24) is 20.2 Å². The average molecular weight is 268 g/mol. The predicted molar refractivity (Wildman–Crippen MR) is 69.4 cm³/mol. The fourth-order valence-electron chi connectivity index (χ4n) is 2.47. The van der Waals surface area contributed by atoms with Crippen LogP contribution in [0.5, 0.6) is 0 Å². The lowest BCUT2D eigenvalue weighted by atomic mass is 9.81. The fraction of sp³-hybridized carbons (Fsp3) is 0.917. The molecule has 0 spiro atoms. The first kappa shape index (κ1) is 12.4. The van der Waals surface area contributed by atoms with E-state index in [2.05, 4.69) is 22.4 Å². The fourth-order valence-corrected chi connectivity index (χ4v) is 3.57. The van der Waals surface area contributed by atoms with Crippen LogP contribution in [0.4, 0.5) is 0 Å². The highest BCUT2D eigenvalue weighted by atomic mass is 32.2. The van der Waals surface area contributed by atoms with E-state index < -0.39 is 5.60 Å². The maximum absolute atomic E-state index is 10.5. The number of thioether (sulfide) groups is 1. The molecular weight excluding hydrogens is 248 g/mol. The minimum atomic E-state index is -0.516. The van der Waals surface area contributed by atoms with E-state index in [0.717, 1.165) is 36.8 Å². The summed E-state index contributed by atoms with van der Waals surface area (Å²) < 4.78 is 1.92. The molecule has 0 amide bonds. The normalized spacial score (nSPS) is 32.7. The summed E-state index contributed by atoms with van der Waals surface area (Å²) in [6.45, 7) is 2.26. The molecule has 2 aliphatic carbocycles. The molecular formula is C12H20N4OS. The van der Waals surface area contributed by atoms with Gasteiger partial charge in [-0.3, -0.25) is 0 Å². The van der Waals surface area contributed by atoms with Crippen molar-refractivity contribution in [3.05, 3.63) is 0 Å². The van der Waals surface area contributed by atoms with Crippen molar-refractivity contribution in [2.45, 2.75) is 62.2 Å². The van der Waals surface area contributed by atoms with Crippen molar-refractivity contribution in [2.24, 2.45) is 5.92 Å². The molecule has 0 aliphatic heterocycles. The number of tetrazole rings is 1.